The number of methoxy groups -OCH3 is 1. The first-order valence-electron chi connectivity index (χ1n) is 7.64. The number of hydrogen-bond donors (Lipinski definition) is 0. The Kier molecular flexibility index (Phi) is 4.95. The number of nitrogens with zero attached hydrogens (tertiary/aromatic N) is 2. The molecule has 0 bridgehead atoms. The summed E-state index contributed by atoms with van der Waals surface area (Å²) in [6.07, 6.45) is 3.80. The van der Waals surface area contributed by atoms with Gasteiger partial charge in [-0.2, -0.15) is 0 Å². The number of fused-ring (bicyclic) bond motifs is 1. The quantitative estimate of drug-likeness (QED) is 0.469. The molecule has 0 fully saturated rings. The molecule has 25 heavy (non-hydrogen) atoms. The van der Waals surface area contributed by atoms with Gasteiger partial charge >= 0.3 is 0 Å². The predicted molar refractivity (Wildman–Crippen MR) is 99.4 cm³/mol. The van der Waals surface area contributed by atoms with Crippen molar-refractivity contribution in [3.8, 4) is 11.5 Å². The molecule has 0 aliphatic carbocycles. The Labute approximate surface area is 148 Å². The maximum absolute atomic E-state index is 10.8. The number of thiazole rings is 1. The van der Waals surface area contributed by atoms with Gasteiger partial charge in [0.2, 0.25) is 0 Å². The first-order chi connectivity index (χ1) is 12.1. The minimum Gasteiger partial charge on any atom is -0.493 e. The summed E-state index contributed by atoms with van der Waals surface area (Å²) in [5, 5.41) is 11.6. The Morgan fingerprint density at radius 3 is 2.76 bits per heavy atom. The first kappa shape index (κ1) is 16.9. The molecular weight excluding hydrogens is 340 g/mol. The van der Waals surface area contributed by atoms with Crippen LogP contribution in [0, 0.1) is 10.1 Å². The highest BCUT2D eigenvalue weighted by Crippen LogP contribution is 2.30. The van der Waals surface area contributed by atoms with Crippen molar-refractivity contribution in [3.63, 3.8) is 0 Å². The summed E-state index contributed by atoms with van der Waals surface area (Å²) in [5.74, 6) is 1.37. The van der Waals surface area contributed by atoms with Crippen molar-refractivity contribution < 1.29 is 14.4 Å². The normalized spacial score (nSPS) is 11.1. The molecule has 0 N–H and O–H groups in total. The van der Waals surface area contributed by atoms with Gasteiger partial charge in [0.15, 0.2) is 11.5 Å². The lowest BCUT2D eigenvalue weighted by Gasteiger charge is -2.09. The van der Waals surface area contributed by atoms with Crippen LogP contribution in [0.25, 0.3) is 22.4 Å². The van der Waals surface area contributed by atoms with Gasteiger partial charge in [-0.05, 0) is 36.8 Å². The van der Waals surface area contributed by atoms with E-state index in [0.29, 0.717) is 23.6 Å². The van der Waals surface area contributed by atoms with Crippen molar-refractivity contribution >= 4 is 39.4 Å². The number of nitro benzene ring substituents is 1. The third-order valence-corrected chi connectivity index (χ3v) is 4.51. The van der Waals surface area contributed by atoms with E-state index in [4.69, 9.17) is 9.47 Å². The fourth-order valence-corrected chi connectivity index (χ4v) is 3.20. The Balaban J connectivity index is 1.86. The minimum absolute atomic E-state index is 0.0459. The molecule has 1 heterocycles. The van der Waals surface area contributed by atoms with Gasteiger partial charge in [0.1, 0.15) is 5.01 Å². The lowest BCUT2D eigenvalue weighted by molar-refractivity contribution is -0.384. The van der Waals surface area contributed by atoms with E-state index in [0.717, 1.165) is 15.3 Å². The van der Waals surface area contributed by atoms with Crippen LogP contribution in [0.3, 0.4) is 0 Å². The summed E-state index contributed by atoms with van der Waals surface area (Å²) in [7, 11) is 1.60. The highest BCUT2D eigenvalue weighted by molar-refractivity contribution is 7.19. The van der Waals surface area contributed by atoms with Crippen LogP contribution >= 0.6 is 11.3 Å². The van der Waals surface area contributed by atoms with Gasteiger partial charge in [-0.25, -0.2) is 4.98 Å². The molecule has 6 nitrogen and oxygen atoms in total. The van der Waals surface area contributed by atoms with Crippen LogP contribution in [-0.2, 0) is 0 Å². The standard InChI is InChI=1S/C18H16N2O4S/c1-3-24-15-7-4-12(10-16(15)23-2)5-9-18-19-14-11-13(20(21)22)6-8-17(14)25-18/h4-11H,3H2,1-2H3/b9-5+. The summed E-state index contributed by atoms with van der Waals surface area (Å²) in [6.45, 7) is 2.49. The second kappa shape index (κ2) is 7.31. The molecule has 128 valence electrons. The van der Waals surface area contributed by atoms with Crippen molar-refractivity contribution in [2.75, 3.05) is 13.7 Å². The third-order valence-electron chi connectivity index (χ3n) is 3.50. The Bertz CT molecular complexity index is 949. The second-order valence-electron chi connectivity index (χ2n) is 5.14. The van der Waals surface area contributed by atoms with Gasteiger partial charge in [-0.1, -0.05) is 12.1 Å². The number of rotatable bonds is 6. The van der Waals surface area contributed by atoms with E-state index in [-0.39, 0.29) is 5.69 Å². The monoisotopic (exact) mass is 356 g/mol. The molecule has 0 saturated carbocycles. The van der Waals surface area contributed by atoms with E-state index in [1.54, 1.807) is 13.2 Å². The van der Waals surface area contributed by atoms with Gasteiger partial charge in [0.05, 0.1) is 28.9 Å². The molecule has 0 spiro atoms. The molecule has 3 rings (SSSR count). The van der Waals surface area contributed by atoms with Gasteiger partial charge in [0.25, 0.3) is 5.69 Å². The first-order valence-corrected chi connectivity index (χ1v) is 8.46. The smallest absolute Gasteiger partial charge is 0.271 e. The van der Waals surface area contributed by atoms with Crippen LogP contribution in [0.4, 0.5) is 5.69 Å². The molecule has 2 aromatic carbocycles. The van der Waals surface area contributed by atoms with E-state index in [9.17, 15) is 10.1 Å². The van der Waals surface area contributed by atoms with Crippen LogP contribution in [0.5, 0.6) is 11.5 Å². The summed E-state index contributed by atoms with van der Waals surface area (Å²) >= 11 is 1.48. The molecule has 0 radical (unpaired) electrons. The zero-order valence-corrected chi connectivity index (χ0v) is 14.6. The van der Waals surface area contributed by atoms with Gasteiger partial charge in [-0.3, -0.25) is 10.1 Å². The summed E-state index contributed by atoms with van der Waals surface area (Å²) in [6, 6.07) is 10.4. The molecule has 3 aromatic rings. The van der Waals surface area contributed by atoms with Crippen LogP contribution in [0.2, 0.25) is 0 Å². The molecule has 1 aromatic heterocycles. The average Bonchev–Trinajstić information content (AvgIpc) is 3.03. The van der Waals surface area contributed by atoms with E-state index in [1.807, 2.05) is 37.3 Å². The maximum Gasteiger partial charge on any atom is 0.271 e. The Morgan fingerprint density at radius 2 is 2.04 bits per heavy atom. The molecule has 0 atom stereocenters. The highest BCUT2D eigenvalue weighted by Gasteiger charge is 2.09. The largest absolute Gasteiger partial charge is 0.493 e. The molecule has 0 aliphatic rings. The van der Waals surface area contributed by atoms with Crippen molar-refractivity contribution in [2.45, 2.75) is 6.92 Å². The highest BCUT2D eigenvalue weighted by atomic mass is 32.1. The van der Waals surface area contributed by atoms with Gasteiger partial charge < -0.3 is 9.47 Å². The van der Waals surface area contributed by atoms with E-state index in [1.165, 1.54) is 23.5 Å². The minimum atomic E-state index is -0.416. The number of benzene rings is 2. The van der Waals surface area contributed by atoms with Crippen LogP contribution in [0.15, 0.2) is 36.4 Å². The number of ether oxygens (including phenoxy) is 2. The zero-order chi connectivity index (χ0) is 17.8. The average molecular weight is 356 g/mol. The molecule has 0 amide bonds. The number of aromatic nitrogens is 1. The van der Waals surface area contributed by atoms with Crippen molar-refractivity contribution in [2.24, 2.45) is 0 Å². The van der Waals surface area contributed by atoms with E-state index >= 15 is 0 Å². The Morgan fingerprint density at radius 1 is 1.20 bits per heavy atom. The van der Waals surface area contributed by atoms with Crippen molar-refractivity contribution in [1.82, 2.24) is 4.98 Å². The SMILES string of the molecule is CCOc1ccc(/C=C/c2nc3cc([N+](=O)[O-])ccc3s2)cc1OC. The van der Waals surface area contributed by atoms with Gasteiger partial charge in [0, 0.05) is 12.1 Å². The molecule has 7 heteroatoms. The Hall–Kier alpha value is -2.93. The third kappa shape index (κ3) is 3.77. The summed E-state index contributed by atoms with van der Waals surface area (Å²) in [5.41, 5.74) is 1.62. The summed E-state index contributed by atoms with van der Waals surface area (Å²) in [4.78, 5) is 14.9. The van der Waals surface area contributed by atoms with Gasteiger partial charge in [-0.15, -0.1) is 11.3 Å². The lowest BCUT2D eigenvalue weighted by Crippen LogP contribution is -1.95. The van der Waals surface area contributed by atoms with Crippen LogP contribution < -0.4 is 9.47 Å². The van der Waals surface area contributed by atoms with Crippen molar-refractivity contribution in [3.05, 3.63) is 57.1 Å². The topological polar surface area (TPSA) is 74.5 Å². The maximum atomic E-state index is 10.8. The fraction of sp³-hybridized carbons (Fsp3) is 0.167. The van der Waals surface area contributed by atoms with Crippen LogP contribution in [-0.4, -0.2) is 23.6 Å². The van der Waals surface area contributed by atoms with E-state index < -0.39 is 4.92 Å². The number of hydrogen-bond acceptors (Lipinski definition) is 6. The van der Waals surface area contributed by atoms with E-state index in [2.05, 4.69) is 4.98 Å². The fourth-order valence-electron chi connectivity index (χ4n) is 2.35. The number of nitro groups is 1. The predicted octanol–water partition coefficient (Wildman–Crippen LogP) is 4.78. The lowest BCUT2D eigenvalue weighted by atomic mass is 10.2. The molecular formula is C18H16N2O4S. The molecule has 0 unspecified atom stereocenters. The second-order valence-corrected chi connectivity index (χ2v) is 6.20. The van der Waals surface area contributed by atoms with Crippen LogP contribution in [0.1, 0.15) is 17.5 Å². The molecule has 0 aliphatic heterocycles. The summed E-state index contributed by atoms with van der Waals surface area (Å²) < 4.78 is 11.8. The molecule has 0 saturated heterocycles. The zero-order valence-electron chi connectivity index (χ0n) is 13.8. The number of non-ortho nitro benzene ring substituents is 1. The van der Waals surface area contributed by atoms with Crippen molar-refractivity contribution in [1.29, 1.82) is 0 Å².